The van der Waals surface area contributed by atoms with Crippen molar-refractivity contribution >= 4 is 28.9 Å². The number of carbonyl (C=O) groups excluding carboxylic acids is 1. The Balaban J connectivity index is 2.41. The van der Waals surface area contributed by atoms with Crippen molar-refractivity contribution in [2.24, 2.45) is 0 Å². The monoisotopic (exact) mass is 289 g/mol. The molecular weight excluding hydrogens is 274 g/mol. The van der Waals surface area contributed by atoms with Gasteiger partial charge in [-0.05, 0) is 32.0 Å². The number of carboxylic acids is 1. The van der Waals surface area contributed by atoms with Crippen molar-refractivity contribution in [3.63, 3.8) is 0 Å². The van der Waals surface area contributed by atoms with Crippen molar-refractivity contribution in [2.45, 2.75) is 13.8 Å². The summed E-state index contributed by atoms with van der Waals surface area (Å²) in [6.07, 6.45) is 0. The van der Waals surface area contributed by atoms with E-state index in [1.807, 2.05) is 19.9 Å². The molecule has 0 atom stereocenters. The number of thiophene rings is 1. The fraction of sp³-hybridized carbons (Fsp3) is 0.200. The first kappa shape index (κ1) is 14.3. The Morgan fingerprint density at radius 1 is 1.15 bits per heavy atom. The molecule has 0 saturated carbocycles. The Morgan fingerprint density at radius 3 is 2.35 bits per heavy atom. The highest BCUT2D eigenvalue weighted by Crippen LogP contribution is 2.25. The molecule has 5 heteroatoms. The van der Waals surface area contributed by atoms with E-state index >= 15 is 0 Å². The lowest BCUT2D eigenvalue weighted by molar-refractivity contribution is 0.0697. The van der Waals surface area contributed by atoms with E-state index in [9.17, 15) is 14.7 Å². The van der Waals surface area contributed by atoms with Gasteiger partial charge in [-0.3, -0.25) is 4.79 Å². The fourth-order valence-electron chi connectivity index (χ4n) is 2.08. The zero-order valence-corrected chi connectivity index (χ0v) is 12.3. The number of anilines is 1. The second-order valence-electron chi connectivity index (χ2n) is 4.51. The van der Waals surface area contributed by atoms with Crippen LogP contribution in [0.4, 0.5) is 5.69 Å². The van der Waals surface area contributed by atoms with Crippen LogP contribution in [0.15, 0.2) is 30.3 Å². The number of carboxylic acid groups (broad SMARTS) is 1. The number of nitrogens with zero attached hydrogens (tertiary/aromatic N) is 1. The smallest absolute Gasteiger partial charge is 0.337 e. The van der Waals surface area contributed by atoms with Crippen molar-refractivity contribution in [3.05, 3.63) is 51.2 Å². The van der Waals surface area contributed by atoms with Gasteiger partial charge in [0.2, 0.25) is 0 Å². The molecule has 2 aromatic rings. The topological polar surface area (TPSA) is 57.6 Å². The van der Waals surface area contributed by atoms with Gasteiger partial charge in [-0.15, -0.1) is 11.3 Å². The molecule has 1 heterocycles. The number of amides is 1. The van der Waals surface area contributed by atoms with Gasteiger partial charge in [0, 0.05) is 16.8 Å². The molecule has 0 radical (unpaired) electrons. The molecule has 0 spiro atoms. The molecule has 0 saturated heterocycles. The van der Waals surface area contributed by atoms with Crippen LogP contribution in [0.25, 0.3) is 0 Å². The number of carbonyl (C=O) groups is 2. The van der Waals surface area contributed by atoms with Crippen molar-refractivity contribution < 1.29 is 14.7 Å². The van der Waals surface area contributed by atoms with E-state index < -0.39 is 5.97 Å². The van der Waals surface area contributed by atoms with Crippen LogP contribution in [-0.4, -0.2) is 24.0 Å². The summed E-state index contributed by atoms with van der Waals surface area (Å²) >= 11 is 1.56. The van der Waals surface area contributed by atoms with E-state index in [0.29, 0.717) is 11.3 Å². The van der Waals surface area contributed by atoms with Gasteiger partial charge in [-0.2, -0.15) is 0 Å². The summed E-state index contributed by atoms with van der Waals surface area (Å²) in [5.41, 5.74) is 1.14. The molecule has 0 aliphatic heterocycles. The van der Waals surface area contributed by atoms with E-state index in [2.05, 4.69) is 0 Å². The molecule has 20 heavy (non-hydrogen) atoms. The molecule has 2 rings (SSSR count). The first-order chi connectivity index (χ1) is 9.41. The van der Waals surface area contributed by atoms with Gasteiger partial charge >= 0.3 is 5.97 Å². The SMILES string of the molecule is Cc1cc(C(=O)N(C)c2ccccc2C(=O)O)c(C)s1. The molecule has 1 aromatic heterocycles. The number of aryl methyl sites for hydroxylation is 2. The van der Waals surface area contributed by atoms with Crippen LogP contribution < -0.4 is 4.90 Å². The molecule has 0 fully saturated rings. The minimum absolute atomic E-state index is 0.118. The van der Waals surface area contributed by atoms with Crippen LogP contribution in [0.2, 0.25) is 0 Å². The van der Waals surface area contributed by atoms with Gasteiger partial charge in [-0.25, -0.2) is 4.79 Å². The Kier molecular flexibility index (Phi) is 3.90. The molecule has 1 N–H and O–H groups in total. The van der Waals surface area contributed by atoms with Crippen LogP contribution in [0.1, 0.15) is 30.5 Å². The van der Waals surface area contributed by atoms with E-state index in [1.54, 1.807) is 36.6 Å². The van der Waals surface area contributed by atoms with E-state index in [-0.39, 0.29) is 11.5 Å². The summed E-state index contributed by atoms with van der Waals surface area (Å²) in [5.74, 6) is -1.24. The third-order valence-corrected chi connectivity index (χ3v) is 4.04. The number of benzene rings is 1. The van der Waals surface area contributed by atoms with Crippen molar-refractivity contribution in [2.75, 3.05) is 11.9 Å². The van der Waals surface area contributed by atoms with Crippen molar-refractivity contribution in [3.8, 4) is 0 Å². The molecule has 1 aromatic carbocycles. The molecule has 1 amide bonds. The maximum absolute atomic E-state index is 12.5. The second kappa shape index (κ2) is 5.46. The summed E-state index contributed by atoms with van der Waals surface area (Å²) in [6.45, 7) is 3.83. The second-order valence-corrected chi connectivity index (χ2v) is 5.97. The summed E-state index contributed by atoms with van der Waals surface area (Å²) in [6, 6.07) is 8.33. The third-order valence-electron chi connectivity index (χ3n) is 3.07. The lowest BCUT2D eigenvalue weighted by atomic mass is 10.1. The number of aromatic carboxylic acids is 1. The highest BCUT2D eigenvalue weighted by molar-refractivity contribution is 7.12. The van der Waals surface area contributed by atoms with Crippen molar-refractivity contribution in [1.82, 2.24) is 0 Å². The number of rotatable bonds is 3. The Labute approximate surface area is 121 Å². The summed E-state index contributed by atoms with van der Waals surface area (Å²) in [7, 11) is 1.59. The standard InChI is InChI=1S/C15H15NO3S/c1-9-8-12(10(2)20-9)14(17)16(3)13-7-5-4-6-11(13)15(18)19/h4-8H,1-3H3,(H,18,19). The van der Waals surface area contributed by atoms with E-state index in [0.717, 1.165) is 9.75 Å². The Bertz CT molecular complexity index is 676. The molecule has 4 nitrogen and oxygen atoms in total. The number of hydrogen-bond acceptors (Lipinski definition) is 3. The van der Waals surface area contributed by atoms with Crippen LogP contribution in [0.5, 0.6) is 0 Å². The molecular formula is C15H15NO3S. The summed E-state index contributed by atoms with van der Waals surface area (Å²) in [4.78, 5) is 27.1. The zero-order chi connectivity index (χ0) is 14.9. The van der Waals surface area contributed by atoms with Gasteiger partial charge in [0.15, 0.2) is 0 Å². The minimum Gasteiger partial charge on any atom is -0.478 e. The van der Waals surface area contributed by atoms with Crippen LogP contribution >= 0.6 is 11.3 Å². The lowest BCUT2D eigenvalue weighted by Crippen LogP contribution is -2.28. The average Bonchev–Trinajstić information content (AvgIpc) is 2.76. The van der Waals surface area contributed by atoms with Gasteiger partial charge < -0.3 is 10.0 Å². The maximum Gasteiger partial charge on any atom is 0.337 e. The van der Waals surface area contributed by atoms with Crippen LogP contribution in [0, 0.1) is 13.8 Å². The number of hydrogen-bond donors (Lipinski definition) is 1. The maximum atomic E-state index is 12.5. The van der Waals surface area contributed by atoms with E-state index in [1.165, 1.54) is 11.0 Å². The molecule has 0 aliphatic rings. The van der Waals surface area contributed by atoms with Gasteiger partial charge in [0.1, 0.15) is 0 Å². The fourth-order valence-corrected chi connectivity index (χ4v) is 3.00. The predicted molar refractivity (Wildman–Crippen MR) is 79.9 cm³/mol. The van der Waals surface area contributed by atoms with Crippen LogP contribution in [0.3, 0.4) is 0 Å². The van der Waals surface area contributed by atoms with Crippen LogP contribution in [-0.2, 0) is 0 Å². The van der Waals surface area contributed by atoms with Gasteiger partial charge in [-0.1, -0.05) is 12.1 Å². The molecule has 0 unspecified atom stereocenters. The first-order valence-electron chi connectivity index (χ1n) is 6.09. The Morgan fingerprint density at radius 2 is 1.80 bits per heavy atom. The third kappa shape index (κ3) is 2.58. The van der Waals surface area contributed by atoms with Gasteiger partial charge in [0.25, 0.3) is 5.91 Å². The molecule has 0 aliphatic carbocycles. The van der Waals surface area contributed by atoms with Gasteiger partial charge in [0.05, 0.1) is 16.8 Å². The Hall–Kier alpha value is -2.14. The summed E-state index contributed by atoms with van der Waals surface area (Å²) in [5, 5.41) is 9.19. The quantitative estimate of drug-likeness (QED) is 0.942. The summed E-state index contributed by atoms with van der Waals surface area (Å²) < 4.78 is 0. The lowest BCUT2D eigenvalue weighted by Gasteiger charge is -2.19. The normalized spacial score (nSPS) is 10.3. The average molecular weight is 289 g/mol. The largest absolute Gasteiger partial charge is 0.478 e. The first-order valence-corrected chi connectivity index (χ1v) is 6.91. The van der Waals surface area contributed by atoms with E-state index in [4.69, 9.17) is 0 Å². The highest BCUT2D eigenvalue weighted by Gasteiger charge is 2.21. The van der Waals surface area contributed by atoms with Crippen molar-refractivity contribution in [1.29, 1.82) is 0 Å². The number of para-hydroxylation sites is 1. The highest BCUT2D eigenvalue weighted by atomic mass is 32.1. The molecule has 0 bridgehead atoms. The zero-order valence-electron chi connectivity index (χ0n) is 11.5. The minimum atomic E-state index is -1.04. The predicted octanol–water partition coefficient (Wildman–Crippen LogP) is 3.34. The molecule has 104 valence electrons.